The van der Waals surface area contributed by atoms with E-state index < -0.39 is 0 Å². The van der Waals surface area contributed by atoms with E-state index in [0.29, 0.717) is 22.7 Å². The lowest BCUT2D eigenvalue weighted by Gasteiger charge is -2.28. The second-order valence-electron chi connectivity index (χ2n) is 8.44. The number of nitrogens with two attached hydrogens (primary N) is 2. The molecule has 1 saturated carbocycles. The summed E-state index contributed by atoms with van der Waals surface area (Å²) < 4.78 is 14.0. The van der Waals surface area contributed by atoms with Crippen LogP contribution in [-0.2, 0) is 0 Å². The molecule has 3 atom stereocenters. The van der Waals surface area contributed by atoms with Gasteiger partial charge in [-0.3, -0.25) is 4.40 Å². The van der Waals surface area contributed by atoms with Crippen LogP contribution in [0.1, 0.15) is 6.42 Å². The lowest BCUT2D eigenvalue weighted by molar-refractivity contribution is 0.547. The van der Waals surface area contributed by atoms with E-state index in [4.69, 9.17) is 28.1 Å². The number of pyridine rings is 1. The second kappa shape index (κ2) is 9.77. The summed E-state index contributed by atoms with van der Waals surface area (Å²) in [5, 5.41) is 1.39. The van der Waals surface area contributed by atoms with Crippen molar-refractivity contribution in [1.82, 2.24) is 19.4 Å². The van der Waals surface area contributed by atoms with Crippen LogP contribution in [0.4, 0.5) is 16.0 Å². The van der Waals surface area contributed by atoms with Crippen molar-refractivity contribution in [2.24, 2.45) is 23.5 Å². The summed E-state index contributed by atoms with van der Waals surface area (Å²) in [7, 11) is 0. The van der Waals surface area contributed by atoms with E-state index in [9.17, 15) is 4.39 Å². The molecular formula is C24H25ClFN7S. The number of nitrogens with zero attached hydrogens (tertiary/aromatic N) is 5. The number of aromatic nitrogens is 4. The van der Waals surface area contributed by atoms with Crippen LogP contribution >= 0.6 is 23.4 Å². The summed E-state index contributed by atoms with van der Waals surface area (Å²) in [5.74, 6) is 3.34. The van der Waals surface area contributed by atoms with Gasteiger partial charge in [-0.25, -0.2) is 19.3 Å². The van der Waals surface area contributed by atoms with E-state index in [1.807, 2.05) is 24.8 Å². The third kappa shape index (κ3) is 4.55. The predicted octanol–water partition coefficient (Wildman–Crippen LogP) is 4.37. The average molecular weight is 498 g/mol. The molecule has 1 aromatic carbocycles. The Bertz CT molecular complexity index is 1280. The van der Waals surface area contributed by atoms with Crippen LogP contribution in [0.15, 0.2) is 71.2 Å². The number of piperidine rings is 1. The number of hydrogen-bond acceptors (Lipinski definition) is 7. The van der Waals surface area contributed by atoms with Crippen LogP contribution in [0.5, 0.6) is 0 Å². The monoisotopic (exact) mass is 497 g/mol. The van der Waals surface area contributed by atoms with E-state index in [1.165, 1.54) is 30.3 Å². The molecule has 34 heavy (non-hydrogen) atoms. The molecule has 3 unspecified atom stereocenters. The minimum absolute atomic E-state index is 0.178. The van der Waals surface area contributed by atoms with Gasteiger partial charge in [-0.15, -0.1) is 0 Å². The Morgan fingerprint density at radius 2 is 1.94 bits per heavy atom. The molecule has 0 amide bonds. The molecule has 2 fully saturated rings. The first-order valence-corrected chi connectivity index (χ1v) is 12.3. The molecule has 0 bridgehead atoms. The summed E-state index contributed by atoms with van der Waals surface area (Å²) in [6.07, 6.45) is 8.41. The van der Waals surface area contributed by atoms with Crippen molar-refractivity contribution in [1.29, 1.82) is 0 Å². The van der Waals surface area contributed by atoms with Crippen molar-refractivity contribution in [2.45, 2.75) is 16.3 Å². The van der Waals surface area contributed by atoms with Gasteiger partial charge in [0.2, 0.25) is 0 Å². The van der Waals surface area contributed by atoms with Gasteiger partial charge in [-0.05, 0) is 48.9 Å². The molecule has 4 heterocycles. The van der Waals surface area contributed by atoms with Crippen LogP contribution in [-0.4, -0.2) is 39.0 Å². The third-order valence-corrected chi connectivity index (χ3v) is 8.06. The fourth-order valence-electron chi connectivity index (χ4n) is 4.66. The Balaban J connectivity index is 0.000000297. The molecule has 1 aliphatic heterocycles. The van der Waals surface area contributed by atoms with Gasteiger partial charge in [0, 0.05) is 24.2 Å². The first kappa shape index (κ1) is 22.9. The Kier molecular flexibility index (Phi) is 6.58. The van der Waals surface area contributed by atoms with Crippen LogP contribution < -0.4 is 16.4 Å². The highest BCUT2D eigenvalue weighted by Crippen LogP contribution is 2.51. The largest absolute Gasteiger partial charge is 0.382 e. The summed E-state index contributed by atoms with van der Waals surface area (Å²) >= 11 is 7.80. The topological polar surface area (TPSA) is 98.4 Å². The van der Waals surface area contributed by atoms with Crippen molar-refractivity contribution < 1.29 is 4.39 Å². The summed E-state index contributed by atoms with van der Waals surface area (Å²) in [5.41, 5.74) is 12.7. The SMILES string of the molecule is Fc1ccccc1.NCC1C2CCN(c3ncc(Sc4ccnc(N)c4Cl)n4cncc34)CC12. The zero-order chi connectivity index (χ0) is 23.7. The average Bonchev–Trinajstić information content (AvgIpc) is 3.32. The molecule has 7 nitrogen and oxygen atoms in total. The van der Waals surface area contributed by atoms with Gasteiger partial charge in [-0.1, -0.05) is 41.6 Å². The van der Waals surface area contributed by atoms with Crippen LogP contribution in [0.2, 0.25) is 5.02 Å². The van der Waals surface area contributed by atoms with Crippen LogP contribution in [0.25, 0.3) is 5.52 Å². The summed E-state index contributed by atoms with van der Waals surface area (Å²) in [6, 6.07) is 9.79. The number of benzene rings is 1. The minimum atomic E-state index is -0.178. The maximum atomic E-state index is 11.9. The number of imidazole rings is 1. The minimum Gasteiger partial charge on any atom is -0.382 e. The second-order valence-corrected chi connectivity index (χ2v) is 9.88. The van der Waals surface area contributed by atoms with Gasteiger partial charge in [0.15, 0.2) is 5.82 Å². The first-order valence-electron chi connectivity index (χ1n) is 11.1. The van der Waals surface area contributed by atoms with Crippen LogP contribution in [0.3, 0.4) is 0 Å². The summed E-state index contributed by atoms with van der Waals surface area (Å²) in [6.45, 7) is 2.84. The van der Waals surface area contributed by atoms with Gasteiger partial charge in [0.1, 0.15) is 28.5 Å². The Hall–Kier alpha value is -2.88. The molecule has 176 valence electrons. The normalized spacial score (nSPS) is 21.0. The van der Waals surface area contributed by atoms with E-state index in [1.54, 1.807) is 24.4 Å². The molecule has 0 radical (unpaired) electrons. The van der Waals surface area contributed by atoms with E-state index in [0.717, 1.165) is 46.8 Å². The number of hydrogen-bond donors (Lipinski definition) is 2. The highest BCUT2D eigenvalue weighted by atomic mass is 35.5. The van der Waals surface area contributed by atoms with Crippen LogP contribution in [0, 0.1) is 23.6 Å². The Labute approximate surface area is 206 Å². The van der Waals surface area contributed by atoms with E-state index in [2.05, 4.69) is 19.3 Å². The Morgan fingerprint density at radius 1 is 1.12 bits per heavy atom. The number of anilines is 2. The standard InChI is InChI=1S/C18H20ClN7S.C6H5F/c19-16-14(1-3-23-17(16)21)27-15-7-24-18(13-6-22-9-26(13)15)25-4-2-10-11(5-20)12(10)8-25;7-6-4-2-1-3-5-6/h1,3,6-7,9-12H,2,4-5,8,20H2,(H2,21,23);1-5H. The maximum absolute atomic E-state index is 11.9. The fraction of sp³-hybridized carbons (Fsp3) is 0.292. The lowest BCUT2D eigenvalue weighted by Crippen LogP contribution is -2.32. The quantitative estimate of drug-likeness (QED) is 0.432. The highest BCUT2D eigenvalue weighted by Gasteiger charge is 2.51. The third-order valence-electron chi connectivity index (χ3n) is 6.47. The van der Waals surface area contributed by atoms with Gasteiger partial charge < -0.3 is 16.4 Å². The number of rotatable bonds is 4. The molecule has 2 aliphatic rings. The molecule has 4 N–H and O–H groups in total. The Morgan fingerprint density at radius 3 is 2.68 bits per heavy atom. The molecular weight excluding hydrogens is 473 g/mol. The van der Waals surface area contributed by atoms with Gasteiger partial charge in [-0.2, -0.15) is 0 Å². The fourth-order valence-corrected chi connectivity index (χ4v) is 5.79. The van der Waals surface area contributed by atoms with Crippen molar-refractivity contribution >= 4 is 40.5 Å². The zero-order valence-corrected chi connectivity index (χ0v) is 20.0. The van der Waals surface area contributed by atoms with Crippen molar-refractivity contribution in [3.8, 4) is 0 Å². The van der Waals surface area contributed by atoms with Gasteiger partial charge in [0.25, 0.3) is 0 Å². The van der Waals surface area contributed by atoms with Gasteiger partial charge in [0.05, 0.1) is 17.4 Å². The lowest BCUT2D eigenvalue weighted by atomic mass is 10.1. The predicted molar refractivity (Wildman–Crippen MR) is 134 cm³/mol. The molecule has 10 heteroatoms. The number of halogens is 2. The molecule has 1 saturated heterocycles. The van der Waals surface area contributed by atoms with Gasteiger partial charge >= 0.3 is 0 Å². The molecule has 0 spiro atoms. The summed E-state index contributed by atoms with van der Waals surface area (Å²) in [4.78, 5) is 16.4. The first-order chi connectivity index (χ1) is 16.6. The van der Waals surface area contributed by atoms with E-state index >= 15 is 0 Å². The van der Waals surface area contributed by atoms with Crippen molar-refractivity contribution in [3.05, 3.63) is 72.2 Å². The molecule has 3 aromatic heterocycles. The molecule has 4 aromatic rings. The molecule has 1 aliphatic carbocycles. The van der Waals surface area contributed by atoms with E-state index in [-0.39, 0.29) is 5.82 Å². The highest BCUT2D eigenvalue weighted by molar-refractivity contribution is 7.99. The number of nitrogen functional groups attached to an aromatic ring is 1. The smallest absolute Gasteiger partial charge is 0.154 e. The maximum Gasteiger partial charge on any atom is 0.154 e. The zero-order valence-electron chi connectivity index (χ0n) is 18.4. The number of fused-ring (bicyclic) bond motifs is 2. The molecule has 6 rings (SSSR count). The van der Waals surface area contributed by atoms with Crippen molar-refractivity contribution in [3.63, 3.8) is 0 Å². The van der Waals surface area contributed by atoms with Crippen molar-refractivity contribution in [2.75, 3.05) is 30.3 Å².